The minimum Gasteiger partial charge on any atom is -0.324 e. The maximum atomic E-state index is 5.95. The summed E-state index contributed by atoms with van der Waals surface area (Å²) in [4.78, 5) is 0. The van der Waals surface area contributed by atoms with E-state index in [9.17, 15) is 0 Å². The van der Waals surface area contributed by atoms with Crippen molar-refractivity contribution in [2.24, 2.45) is 11.7 Å². The van der Waals surface area contributed by atoms with Crippen molar-refractivity contribution < 1.29 is 0 Å². The summed E-state index contributed by atoms with van der Waals surface area (Å²) in [6.07, 6.45) is 8.19. The Morgan fingerprint density at radius 1 is 1.42 bits per heavy atom. The Morgan fingerprint density at radius 2 is 2.00 bits per heavy atom. The maximum Gasteiger partial charge on any atom is 0.0250 e. The minimum atomic E-state index is 0.244. The summed E-state index contributed by atoms with van der Waals surface area (Å²) in [5, 5.41) is 0. The van der Waals surface area contributed by atoms with E-state index in [-0.39, 0.29) is 6.04 Å². The van der Waals surface area contributed by atoms with Gasteiger partial charge < -0.3 is 5.73 Å². The molecule has 12 heavy (non-hydrogen) atoms. The van der Waals surface area contributed by atoms with Crippen molar-refractivity contribution in [3.63, 3.8) is 0 Å². The van der Waals surface area contributed by atoms with Crippen molar-refractivity contribution in [2.45, 2.75) is 51.5 Å². The molecule has 1 nitrogen and oxygen atoms in total. The van der Waals surface area contributed by atoms with Gasteiger partial charge in [0.25, 0.3) is 0 Å². The van der Waals surface area contributed by atoms with Gasteiger partial charge in [-0.05, 0) is 19.3 Å². The lowest BCUT2D eigenvalue weighted by Gasteiger charge is -2.24. The van der Waals surface area contributed by atoms with Crippen molar-refractivity contribution in [2.75, 3.05) is 0 Å². The number of hydrogen-bond donors (Lipinski definition) is 1. The minimum absolute atomic E-state index is 0.244. The number of rotatable bonds is 3. The van der Waals surface area contributed by atoms with Gasteiger partial charge in [0, 0.05) is 6.04 Å². The van der Waals surface area contributed by atoms with Gasteiger partial charge in [-0.25, -0.2) is 0 Å². The van der Waals surface area contributed by atoms with E-state index in [0.717, 1.165) is 17.9 Å². The average molecular weight is 167 g/mol. The molecule has 70 valence electrons. The lowest BCUT2D eigenvalue weighted by atomic mass is 9.84. The van der Waals surface area contributed by atoms with Gasteiger partial charge in [0.05, 0.1) is 0 Å². The first-order valence-corrected chi connectivity index (χ1v) is 5.11. The van der Waals surface area contributed by atoms with Crippen LogP contribution in [0.3, 0.4) is 0 Å². The van der Waals surface area contributed by atoms with Crippen molar-refractivity contribution in [1.29, 1.82) is 0 Å². The zero-order valence-corrected chi connectivity index (χ0v) is 8.18. The topological polar surface area (TPSA) is 26.0 Å². The molecule has 0 heterocycles. The summed E-state index contributed by atoms with van der Waals surface area (Å²) >= 11 is 0. The SMILES string of the molecule is C=C(C)C(N)CC1CCCCC1. The Hall–Kier alpha value is -0.300. The molecule has 0 aromatic carbocycles. The molecule has 1 aliphatic rings. The summed E-state index contributed by atoms with van der Waals surface area (Å²) in [6, 6.07) is 0.244. The number of nitrogens with two attached hydrogens (primary N) is 1. The predicted molar refractivity (Wildman–Crippen MR) is 54.0 cm³/mol. The monoisotopic (exact) mass is 167 g/mol. The molecular formula is C11H21N. The molecule has 1 unspecified atom stereocenters. The van der Waals surface area contributed by atoms with Gasteiger partial charge in [0.15, 0.2) is 0 Å². The van der Waals surface area contributed by atoms with Crippen LogP contribution in [-0.4, -0.2) is 6.04 Å². The molecule has 1 heteroatoms. The zero-order valence-electron chi connectivity index (χ0n) is 8.18. The molecule has 1 atom stereocenters. The molecule has 2 N–H and O–H groups in total. The van der Waals surface area contributed by atoms with Crippen LogP contribution >= 0.6 is 0 Å². The van der Waals surface area contributed by atoms with E-state index in [0.29, 0.717) is 0 Å². The Bertz CT molecular complexity index is 145. The highest BCUT2D eigenvalue weighted by molar-refractivity contribution is 5.00. The van der Waals surface area contributed by atoms with Crippen LogP contribution in [0.4, 0.5) is 0 Å². The van der Waals surface area contributed by atoms with E-state index >= 15 is 0 Å². The van der Waals surface area contributed by atoms with Crippen molar-refractivity contribution in [3.05, 3.63) is 12.2 Å². The summed E-state index contributed by atoms with van der Waals surface area (Å²) in [7, 11) is 0. The highest BCUT2D eigenvalue weighted by atomic mass is 14.6. The third-order valence-corrected chi connectivity index (χ3v) is 2.94. The van der Waals surface area contributed by atoms with Crippen LogP contribution in [0.2, 0.25) is 0 Å². The normalized spacial score (nSPS) is 22.2. The predicted octanol–water partition coefficient (Wildman–Crippen LogP) is 2.86. The largest absolute Gasteiger partial charge is 0.324 e. The molecule has 0 aromatic heterocycles. The summed E-state index contributed by atoms with van der Waals surface area (Å²) in [5.74, 6) is 0.880. The standard InChI is InChI=1S/C11H21N/c1-9(2)11(12)8-10-6-4-3-5-7-10/h10-11H,1,3-8,12H2,2H3. The van der Waals surface area contributed by atoms with Crippen LogP contribution in [-0.2, 0) is 0 Å². The molecule has 0 spiro atoms. The highest BCUT2D eigenvalue weighted by Gasteiger charge is 2.16. The molecule has 1 aliphatic carbocycles. The first-order chi connectivity index (χ1) is 5.70. The highest BCUT2D eigenvalue weighted by Crippen LogP contribution is 2.27. The molecule has 1 fully saturated rings. The van der Waals surface area contributed by atoms with Gasteiger partial charge in [0.2, 0.25) is 0 Å². The molecule has 0 amide bonds. The second kappa shape index (κ2) is 4.66. The van der Waals surface area contributed by atoms with Crippen LogP contribution in [0, 0.1) is 5.92 Å². The molecule has 0 radical (unpaired) electrons. The van der Waals surface area contributed by atoms with Gasteiger partial charge >= 0.3 is 0 Å². The van der Waals surface area contributed by atoms with E-state index < -0.39 is 0 Å². The smallest absolute Gasteiger partial charge is 0.0250 e. The third kappa shape index (κ3) is 2.98. The summed E-state index contributed by atoms with van der Waals surface area (Å²) in [5.41, 5.74) is 7.09. The molecular weight excluding hydrogens is 146 g/mol. The lowest BCUT2D eigenvalue weighted by Crippen LogP contribution is -2.25. The van der Waals surface area contributed by atoms with E-state index in [4.69, 9.17) is 5.73 Å². The van der Waals surface area contributed by atoms with E-state index in [2.05, 4.69) is 6.58 Å². The van der Waals surface area contributed by atoms with Gasteiger partial charge in [-0.15, -0.1) is 0 Å². The maximum absolute atomic E-state index is 5.95. The van der Waals surface area contributed by atoms with Gasteiger partial charge in [0.1, 0.15) is 0 Å². The molecule has 0 aromatic rings. The fraction of sp³-hybridized carbons (Fsp3) is 0.818. The van der Waals surface area contributed by atoms with E-state index in [1.54, 1.807) is 0 Å². The first-order valence-electron chi connectivity index (χ1n) is 5.11. The van der Waals surface area contributed by atoms with Crippen LogP contribution in [0.5, 0.6) is 0 Å². The van der Waals surface area contributed by atoms with Gasteiger partial charge in [-0.1, -0.05) is 44.3 Å². The first kappa shape index (κ1) is 9.79. The van der Waals surface area contributed by atoms with Crippen LogP contribution < -0.4 is 5.73 Å². The van der Waals surface area contributed by atoms with Crippen molar-refractivity contribution in [1.82, 2.24) is 0 Å². The average Bonchev–Trinajstić information content (AvgIpc) is 2.06. The molecule has 1 saturated carbocycles. The number of hydrogen-bond acceptors (Lipinski definition) is 1. The quantitative estimate of drug-likeness (QED) is 0.643. The van der Waals surface area contributed by atoms with E-state index in [1.165, 1.54) is 32.1 Å². The van der Waals surface area contributed by atoms with E-state index in [1.807, 2.05) is 6.92 Å². The van der Waals surface area contributed by atoms with Gasteiger partial charge in [-0.3, -0.25) is 0 Å². The fourth-order valence-corrected chi connectivity index (χ4v) is 1.98. The molecule has 0 saturated heterocycles. The third-order valence-electron chi connectivity index (χ3n) is 2.94. The molecule has 0 aliphatic heterocycles. The Morgan fingerprint density at radius 3 is 2.50 bits per heavy atom. The summed E-state index contributed by atoms with van der Waals surface area (Å²) < 4.78 is 0. The Balaban J connectivity index is 2.24. The molecule has 1 rings (SSSR count). The zero-order chi connectivity index (χ0) is 8.97. The summed E-state index contributed by atoms with van der Waals surface area (Å²) in [6.45, 7) is 5.93. The van der Waals surface area contributed by atoms with Crippen LogP contribution in [0.1, 0.15) is 45.4 Å². The van der Waals surface area contributed by atoms with Crippen molar-refractivity contribution in [3.8, 4) is 0 Å². The van der Waals surface area contributed by atoms with Crippen LogP contribution in [0.15, 0.2) is 12.2 Å². The molecule has 0 bridgehead atoms. The fourth-order valence-electron chi connectivity index (χ4n) is 1.98. The van der Waals surface area contributed by atoms with Crippen molar-refractivity contribution >= 4 is 0 Å². The second-order valence-electron chi connectivity index (χ2n) is 4.19. The van der Waals surface area contributed by atoms with Gasteiger partial charge in [-0.2, -0.15) is 0 Å². The van der Waals surface area contributed by atoms with Crippen LogP contribution in [0.25, 0.3) is 0 Å². The lowest BCUT2D eigenvalue weighted by molar-refractivity contribution is 0.327. The second-order valence-corrected chi connectivity index (χ2v) is 4.19. The Kier molecular flexibility index (Phi) is 3.80. The Labute approximate surface area is 76.0 Å².